The van der Waals surface area contributed by atoms with Crippen LogP contribution in [0.1, 0.15) is 24.5 Å². The van der Waals surface area contributed by atoms with Crippen molar-refractivity contribution in [2.75, 3.05) is 6.61 Å². The molecular formula is C20H18O3. The first-order valence-electron chi connectivity index (χ1n) is 7.47. The minimum Gasteiger partial charge on any atom is -0.466 e. The molecule has 0 atom stereocenters. The molecule has 0 aromatic heterocycles. The monoisotopic (exact) mass is 306 g/mol. The van der Waals surface area contributed by atoms with Crippen molar-refractivity contribution in [3.63, 3.8) is 0 Å². The lowest BCUT2D eigenvalue weighted by Crippen LogP contribution is -2.13. The zero-order valence-corrected chi connectivity index (χ0v) is 13.0. The molecule has 0 unspecified atom stereocenters. The van der Waals surface area contributed by atoms with Crippen LogP contribution in [0.25, 0.3) is 11.1 Å². The number of hydrogen-bond donors (Lipinski definition) is 0. The smallest absolute Gasteiger partial charge is 0.313 e. The summed E-state index contributed by atoms with van der Waals surface area (Å²) < 4.78 is 4.82. The molecule has 0 fully saturated rings. The zero-order chi connectivity index (χ0) is 16.7. The molecule has 2 rings (SSSR count). The molecule has 0 saturated heterocycles. The van der Waals surface area contributed by atoms with Gasteiger partial charge in [0, 0.05) is 12.0 Å². The summed E-state index contributed by atoms with van der Waals surface area (Å²) in [5.74, 6) is 2.01. The summed E-state index contributed by atoms with van der Waals surface area (Å²) in [7, 11) is 0. The summed E-state index contributed by atoms with van der Waals surface area (Å²) >= 11 is 0. The predicted octanol–water partition coefficient (Wildman–Crippen LogP) is 3.40. The van der Waals surface area contributed by atoms with Crippen LogP contribution >= 0.6 is 0 Å². The summed E-state index contributed by atoms with van der Waals surface area (Å²) in [5, 5.41) is 0. The molecule has 3 heteroatoms. The molecule has 0 aliphatic heterocycles. The van der Waals surface area contributed by atoms with Crippen molar-refractivity contribution in [3.8, 4) is 23.5 Å². The third-order valence-electron chi connectivity index (χ3n) is 3.42. The fraction of sp³-hybridized carbons (Fsp3) is 0.200. The predicted molar refractivity (Wildman–Crippen MR) is 89.8 cm³/mol. The van der Waals surface area contributed by atoms with Crippen molar-refractivity contribution in [1.29, 1.82) is 0 Å². The van der Waals surface area contributed by atoms with Crippen molar-refractivity contribution >= 4 is 11.8 Å². The van der Waals surface area contributed by atoms with Gasteiger partial charge in [0.15, 0.2) is 0 Å². The highest BCUT2D eigenvalue weighted by atomic mass is 16.5. The quantitative estimate of drug-likeness (QED) is 0.467. The maximum atomic E-state index is 12.1. The van der Waals surface area contributed by atoms with Crippen LogP contribution in [0.4, 0.5) is 0 Å². The van der Waals surface area contributed by atoms with Crippen LogP contribution in [-0.4, -0.2) is 18.4 Å². The van der Waals surface area contributed by atoms with Gasteiger partial charge in [-0.25, -0.2) is 0 Å². The average Bonchev–Trinajstić information content (AvgIpc) is 2.55. The van der Waals surface area contributed by atoms with E-state index < -0.39 is 5.97 Å². The van der Waals surface area contributed by atoms with E-state index in [0.717, 1.165) is 22.3 Å². The molecule has 0 N–H and O–H groups in total. The Morgan fingerprint density at radius 2 is 1.70 bits per heavy atom. The van der Waals surface area contributed by atoms with Crippen molar-refractivity contribution in [1.82, 2.24) is 0 Å². The first-order chi connectivity index (χ1) is 11.2. The first-order valence-corrected chi connectivity index (χ1v) is 7.47. The summed E-state index contributed by atoms with van der Waals surface area (Å²) in [6, 6.07) is 15.2. The summed E-state index contributed by atoms with van der Waals surface area (Å²) in [4.78, 5) is 23.5. The summed E-state index contributed by atoms with van der Waals surface area (Å²) in [6.45, 7) is 1.99. The molecule has 23 heavy (non-hydrogen) atoms. The summed E-state index contributed by atoms with van der Waals surface area (Å²) in [6.07, 6.45) is 5.53. The molecule has 2 aromatic carbocycles. The van der Waals surface area contributed by atoms with Crippen LogP contribution in [-0.2, 0) is 20.7 Å². The molecule has 0 spiro atoms. The van der Waals surface area contributed by atoms with Crippen molar-refractivity contribution in [3.05, 3.63) is 59.7 Å². The van der Waals surface area contributed by atoms with E-state index in [9.17, 15) is 9.59 Å². The van der Waals surface area contributed by atoms with Gasteiger partial charge < -0.3 is 4.74 Å². The van der Waals surface area contributed by atoms with Crippen LogP contribution in [0.2, 0.25) is 0 Å². The molecule has 3 nitrogen and oxygen atoms in total. The van der Waals surface area contributed by atoms with E-state index in [-0.39, 0.29) is 25.2 Å². The van der Waals surface area contributed by atoms with Crippen LogP contribution in [0.5, 0.6) is 0 Å². The van der Waals surface area contributed by atoms with Crippen molar-refractivity contribution < 1.29 is 14.3 Å². The number of ether oxygens (including phenoxy) is 1. The number of hydrogen-bond acceptors (Lipinski definition) is 3. The number of terminal acetylenes is 1. The molecular weight excluding hydrogens is 288 g/mol. The normalized spacial score (nSPS) is 9.91. The maximum absolute atomic E-state index is 12.1. The minimum absolute atomic E-state index is 0.172. The number of carbonyl (C=O) groups excluding carboxylic acids is 2. The fourth-order valence-corrected chi connectivity index (χ4v) is 2.43. The highest BCUT2D eigenvalue weighted by Gasteiger charge is 2.14. The van der Waals surface area contributed by atoms with Crippen LogP contribution < -0.4 is 0 Å². The van der Waals surface area contributed by atoms with Gasteiger partial charge in [-0.15, -0.1) is 6.42 Å². The Kier molecular flexibility index (Phi) is 5.71. The third-order valence-corrected chi connectivity index (χ3v) is 3.42. The zero-order valence-electron chi connectivity index (χ0n) is 13.0. The van der Waals surface area contributed by atoms with Crippen LogP contribution in [0, 0.1) is 12.3 Å². The second-order valence-corrected chi connectivity index (χ2v) is 5.04. The highest BCUT2D eigenvalue weighted by molar-refractivity contribution is 5.97. The Hall–Kier alpha value is -2.86. The highest BCUT2D eigenvalue weighted by Crippen LogP contribution is 2.27. The SMILES string of the molecule is C#Cc1ccccc1-c1ccccc1CC(=O)CC(=O)OCC. The molecule has 0 heterocycles. The Morgan fingerprint density at radius 3 is 2.39 bits per heavy atom. The number of benzene rings is 2. The van der Waals surface area contributed by atoms with Gasteiger partial charge in [-0.3, -0.25) is 9.59 Å². The summed E-state index contributed by atoms with van der Waals surface area (Å²) in [5.41, 5.74) is 3.45. The molecule has 0 saturated carbocycles. The molecule has 116 valence electrons. The van der Waals surface area contributed by atoms with Gasteiger partial charge in [-0.2, -0.15) is 0 Å². The fourth-order valence-electron chi connectivity index (χ4n) is 2.43. The van der Waals surface area contributed by atoms with Gasteiger partial charge in [0.05, 0.1) is 6.61 Å². The van der Waals surface area contributed by atoms with Gasteiger partial charge in [0.1, 0.15) is 12.2 Å². The number of rotatable bonds is 6. The number of carbonyl (C=O) groups is 2. The minimum atomic E-state index is -0.487. The molecule has 0 aliphatic carbocycles. The first kappa shape index (κ1) is 16.5. The van der Waals surface area contributed by atoms with E-state index in [1.165, 1.54) is 0 Å². The lowest BCUT2D eigenvalue weighted by molar-refractivity contribution is -0.145. The standard InChI is InChI=1S/C20H18O3/c1-3-15-9-5-7-11-18(15)19-12-8-6-10-16(19)13-17(21)14-20(22)23-4-2/h1,5-12H,4,13-14H2,2H3. The molecule has 0 bridgehead atoms. The van der Waals surface area contributed by atoms with Crippen molar-refractivity contribution in [2.24, 2.45) is 0 Å². The average molecular weight is 306 g/mol. The van der Waals surface area contributed by atoms with Gasteiger partial charge >= 0.3 is 5.97 Å². The van der Waals surface area contributed by atoms with E-state index in [2.05, 4.69) is 5.92 Å². The largest absolute Gasteiger partial charge is 0.466 e. The van der Waals surface area contributed by atoms with E-state index in [1.807, 2.05) is 48.5 Å². The van der Waals surface area contributed by atoms with E-state index in [1.54, 1.807) is 6.92 Å². The molecule has 0 aliphatic rings. The number of Topliss-reactive ketones (excluding diaryl/α,β-unsaturated/α-hetero) is 1. The van der Waals surface area contributed by atoms with Crippen molar-refractivity contribution in [2.45, 2.75) is 19.8 Å². The molecule has 2 aromatic rings. The topological polar surface area (TPSA) is 43.4 Å². The Morgan fingerprint density at radius 1 is 1.04 bits per heavy atom. The van der Waals surface area contributed by atoms with E-state index in [0.29, 0.717) is 0 Å². The van der Waals surface area contributed by atoms with E-state index in [4.69, 9.17) is 11.2 Å². The Balaban J connectivity index is 2.27. The molecule has 0 amide bonds. The second kappa shape index (κ2) is 7.95. The van der Waals surface area contributed by atoms with E-state index >= 15 is 0 Å². The lowest BCUT2D eigenvalue weighted by Gasteiger charge is -2.11. The van der Waals surface area contributed by atoms with Gasteiger partial charge in [0.2, 0.25) is 0 Å². The Labute approximate surface area is 136 Å². The molecule has 0 radical (unpaired) electrons. The number of esters is 1. The van der Waals surface area contributed by atoms with Gasteiger partial charge in [-0.1, -0.05) is 48.4 Å². The van der Waals surface area contributed by atoms with Crippen LogP contribution in [0.3, 0.4) is 0 Å². The van der Waals surface area contributed by atoms with Crippen LogP contribution in [0.15, 0.2) is 48.5 Å². The maximum Gasteiger partial charge on any atom is 0.313 e. The lowest BCUT2D eigenvalue weighted by atomic mass is 9.93. The van der Waals surface area contributed by atoms with Gasteiger partial charge in [-0.05, 0) is 29.7 Å². The third kappa shape index (κ3) is 4.31. The second-order valence-electron chi connectivity index (χ2n) is 5.04. The van der Waals surface area contributed by atoms with Gasteiger partial charge in [0.25, 0.3) is 0 Å². The Bertz CT molecular complexity index is 753. The number of ketones is 1.